The van der Waals surface area contributed by atoms with Crippen LogP contribution >= 0.6 is 0 Å². The topological polar surface area (TPSA) is 83.9 Å². The maximum atomic E-state index is 12.2. The van der Waals surface area contributed by atoms with Gasteiger partial charge < -0.3 is 10.2 Å². The number of carbonyl (C=O) groups is 1. The summed E-state index contributed by atoms with van der Waals surface area (Å²) in [6.45, 7) is 3.84. The highest BCUT2D eigenvalue weighted by molar-refractivity contribution is 5.92. The Morgan fingerprint density at radius 1 is 1.25 bits per heavy atom. The van der Waals surface area contributed by atoms with Crippen LogP contribution < -0.4 is 10.2 Å². The molecular formula is C17H20N6O. The first-order chi connectivity index (χ1) is 11.7. The summed E-state index contributed by atoms with van der Waals surface area (Å²) < 4.78 is 0. The zero-order valence-corrected chi connectivity index (χ0v) is 13.6. The van der Waals surface area contributed by atoms with Crippen molar-refractivity contribution >= 4 is 11.9 Å². The van der Waals surface area contributed by atoms with Gasteiger partial charge in [-0.2, -0.15) is 0 Å². The number of nitrogens with zero attached hydrogens (tertiary/aromatic N) is 5. The second-order valence-corrected chi connectivity index (χ2v) is 6.67. The van der Waals surface area contributed by atoms with Gasteiger partial charge in [0.15, 0.2) is 0 Å². The van der Waals surface area contributed by atoms with Crippen LogP contribution in [0.1, 0.15) is 35.4 Å². The molecule has 24 heavy (non-hydrogen) atoms. The molecule has 2 aromatic heterocycles. The average Bonchev–Trinajstić information content (AvgIpc) is 3.27. The van der Waals surface area contributed by atoms with Gasteiger partial charge in [0.2, 0.25) is 5.95 Å². The van der Waals surface area contributed by atoms with Gasteiger partial charge in [0.1, 0.15) is 5.69 Å². The first kappa shape index (κ1) is 15.0. The number of amides is 1. The molecule has 124 valence electrons. The molecule has 2 fully saturated rings. The molecule has 0 aromatic carbocycles. The monoisotopic (exact) mass is 324 g/mol. The van der Waals surface area contributed by atoms with Crippen LogP contribution in [0.4, 0.5) is 5.95 Å². The minimum atomic E-state index is -0.130. The first-order valence-corrected chi connectivity index (χ1v) is 8.28. The third-order valence-electron chi connectivity index (χ3n) is 5.12. The lowest BCUT2D eigenvalue weighted by molar-refractivity contribution is 0.0937. The summed E-state index contributed by atoms with van der Waals surface area (Å²) in [5.41, 5.74) is 1.60. The van der Waals surface area contributed by atoms with Gasteiger partial charge in [0.25, 0.3) is 5.91 Å². The van der Waals surface area contributed by atoms with E-state index in [1.165, 1.54) is 12.4 Å². The number of nitrogens with one attached hydrogen (secondary N) is 1. The normalized spacial score (nSPS) is 21.5. The third-order valence-corrected chi connectivity index (χ3v) is 5.12. The second-order valence-electron chi connectivity index (χ2n) is 6.67. The fourth-order valence-electron chi connectivity index (χ4n) is 3.49. The molecule has 7 nitrogen and oxygen atoms in total. The predicted octanol–water partition coefficient (Wildman–Crippen LogP) is 1.36. The molecule has 0 bridgehead atoms. The lowest BCUT2D eigenvalue weighted by atomic mass is 9.92. The van der Waals surface area contributed by atoms with Gasteiger partial charge in [-0.25, -0.2) is 15.0 Å². The minimum Gasteiger partial charge on any atom is -0.347 e. The van der Waals surface area contributed by atoms with E-state index in [-0.39, 0.29) is 17.4 Å². The molecule has 0 radical (unpaired) electrons. The van der Waals surface area contributed by atoms with E-state index in [1.54, 1.807) is 6.20 Å². The largest absolute Gasteiger partial charge is 0.347 e. The summed E-state index contributed by atoms with van der Waals surface area (Å²) in [7, 11) is 0. The van der Waals surface area contributed by atoms with E-state index < -0.39 is 0 Å². The number of rotatable bonds is 3. The maximum Gasteiger partial charge on any atom is 0.271 e. The fourth-order valence-corrected chi connectivity index (χ4v) is 3.49. The predicted molar refractivity (Wildman–Crippen MR) is 88.6 cm³/mol. The smallest absolute Gasteiger partial charge is 0.271 e. The lowest BCUT2D eigenvalue weighted by Gasteiger charge is -2.33. The Morgan fingerprint density at radius 3 is 2.79 bits per heavy atom. The fraction of sp³-hybridized carbons (Fsp3) is 0.471. The van der Waals surface area contributed by atoms with Gasteiger partial charge in [0.05, 0.1) is 6.20 Å². The van der Waals surface area contributed by atoms with E-state index in [0.717, 1.165) is 44.0 Å². The first-order valence-electron chi connectivity index (χ1n) is 8.28. The molecule has 2 aliphatic rings. The van der Waals surface area contributed by atoms with E-state index >= 15 is 0 Å². The van der Waals surface area contributed by atoms with Crippen molar-refractivity contribution in [3.63, 3.8) is 0 Å². The van der Waals surface area contributed by atoms with Crippen molar-refractivity contribution < 1.29 is 4.79 Å². The number of piperidine rings is 1. The summed E-state index contributed by atoms with van der Waals surface area (Å²) in [6.07, 6.45) is 9.56. The molecule has 1 N–H and O–H groups in total. The number of aryl methyl sites for hydroxylation is 1. The Kier molecular flexibility index (Phi) is 3.63. The van der Waals surface area contributed by atoms with Crippen LogP contribution in [0.25, 0.3) is 0 Å². The number of carbonyl (C=O) groups excluding carboxylic acids is 1. The second kappa shape index (κ2) is 5.81. The molecule has 2 aromatic rings. The summed E-state index contributed by atoms with van der Waals surface area (Å²) in [5.74, 6) is 0.681. The van der Waals surface area contributed by atoms with Crippen molar-refractivity contribution in [1.82, 2.24) is 25.3 Å². The molecule has 1 saturated carbocycles. The van der Waals surface area contributed by atoms with Crippen LogP contribution in [0.3, 0.4) is 0 Å². The minimum absolute atomic E-state index is 0.130. The van der Waals surface area contributed by atoms with Crippen molar-refractivity contribution in [2.75, 3.05) is 18.0 Å². The van der Waals surface area contributed by atoms with Gasteiger partial charge in [-0.3, -0.25) is 9.78 Å². The highest BCUT2D eigenvalue weighted by Crippen LogP contribution is 2.54. The Labute approximate surface area is 140 Å². The van der Waals surface area contributed by atoms with Crippen LogP contribution in [0.2, 0.25) is 0 Å². The third kappa shape index (κ3) is 2.81. The molecule has 4 rings (SSSR count). The van der Waals surface area contributed by atoms with Crippen LogP contribution in [-0.2, 0) is 0 Å². The van der Waals surface area contributed by atoms with Gasteiger partial charge >= 0.3 is 0 Å². The highest BCUT2D eigenvalue weighted by atomic mass is 16.2. The Morgan fingerprint density at radius 2 is 2.08 bits per heavy atom. The maximum absolute atomic E-state index is 12.2. The standard InChI is InChI=1S/C17H20N6O/c1-12-2-5-20-16(21-12)23-8-3-17(4-9-23)10-14(17)22-15(24)13-11-18-6-7-19-13/h2,5-7,11,14H,3-4,8-10H2,1H3,(H,22,24). The van der Waals surface area contributed by atoms with Gasteiger partial charge in [-0.1, -0.05) is 0 Å². The number of aromatic nitrogens is 4. The molecule has 7 heteroatoms. The van der Waals surface area contributed by atoms with Crippen LogP contribution in [0.5, 0.6) is 0 Å². The van der Waals surface area contributed by atoms with Crippen molar-refractivity contribution in [1.29, 1.82) is 0 Å². The summed E-state index contributed by atoms with van der Waals surface area (Å²) in [5, 5.41) is 3.10. The quantitative estimate of drug-likeness (QED) is 0.918. The average molecular weight is 324 g/mol. The van der Waals surface area contributed by atoms with E-state index in [1.807, 2.05) is 19.2 Å². The SMILES string of the molecule is Cc1ccnc(N2CCC3(CC2)CC3NC(=O)c2cnccn2)n1. The van der Waals surface area contributed by atoms with Crippen molar-refractivity contribution in [2.24, 2.45) is 5.41 Å². The Balaban J connectivity index is 1.34. The van der Waals surface area contributed by atoms with E-state index in [9.17, 15) is 4.79 Å². The molecule has 3 heterocycles. The molecular weight excluding hydrogens is 304 g/mol. The van der Waals surface area contributed by atoms with Crippen molar-refractivity contribution in [3.05, 3.63) is 42.2 Å². The van der Waals surface area contributed by atoms with Crippen molar-refractivity contribution in [3.8, 4) is 0 Å². The molecule has 1 unspecified atom stereocenters. The lowest BCUT2D eigenvalue weighted by Crippen LogP contribution is -2.39. The summed E-state index contributed by atoms with van der Waals surface area (Å²) in [4.78, 5) is 31.3. The van der Waals surface area contributed by atoms with Gasteiger partial charge in [0, 0.05) is 43.4 Å². The van der Waals surface area contributed by atoms with Crippen molar-refractivity contribution in [2.45, 2.75) is 32.2 Å². The summed E-state index contributed by atoms with van der Waals surface area (Å²) >= 11 is 0. The molecule has 1 aliphatic heterocycles. The molecule has 1 spiro atoms. The summed E-state index contributed by atoms with van der Waals surface area (Å²) in [6, 6.07) is 2.15. The molecule has 1 saturated heterocycles. The number of hydrogen-bond acceptors (Lipinski definition) is 6. The molecule has 1 aliphatic carbocycles. The molecule has 1 atom stereocenters. The van der Waals surface area contributed by atoms with E-state index in [0.29, 0.717) is 5.69 Å². The van der Waals surface area contributed by atoms with E-state index in [4.69, 9.17) is 0 Å². The Bertz CT molecular complexity index is 742. The molecule has 1 amide bonds. The van der Waals surface area contributed by atoms with Crippen LogP contribution in [0.15, 0.2) is 30.9 Å². The Hall–Kier alpha value is -2.57. The highest BCUT2D eigenvalue weighted by Gasteiger charge is 2.55. The number of hydrogen-bond donors (Lipinski definition) is 1. The van der Waals surface area contributed by atoms with Crippen LogP contribution in [0, 0.1) is 12.3 Å². The van der Waals surface area contributed by atoms with E-state index in [2.05, 4.69) is 30.2 Å². The zero-order valence-electron chi connectivity index (χ0n) is 13.6. The van der Waals surface area contributed by atoms with Gasteiger partial charge in [-0.15, -0.1) is 0 Å². The number of anilines is 1. The van der Waals surface area contributed by atoms with Crippen LogP contribution in [-0.4, -0.2) is 45.0 Å². The zero-order chi connectivity index (χ0) is 16.6. The van der Waals surface area contributed by atoms with Gasteiger partial charge in [-0.05, 0) is 37.7 Å².